The fraction of sp³-hybridized carbons (Fsp3) is 0.292. The minimum absolute atomic E-state index is 0.773. The minimum Gasteiger partial charge on any atom is -0.494 e. The zero-order chi connectivity index (χ0) is 19.3. The van der Waals surface area contributed by atoms with Gasteiger partial charge >= 0.3 is 5.97 Å². The van der Waals surface area contributed by atoms with Gasteiger partial charge in [0.2, 0.25) is 0 Å². The molecule has 0 heterocycles. The summed E-state index contributed by atoms with van der Waals surface area (Å²) in [6.07, 6.45) is 12.0. The Morgan fingerprint density at radius 3 is 2.22 bits per heavy atom. The molecule has 0 unspecified atom stereocenters. The summed E-state index contributed by atoms with van der Waals surface area (Å²) in [7, 11) is 0. The molecule has 3 nitrogen and oxygen atoms in total. The second-order valence-electron chi connectivity index (χ2n) is 6.46. The molecule has 27 heavy (non-hydrogen) atoms. The lowest BCUT2D eigenvalue weighted by molar-refractivity contribution is -0.131. The Kier molecular flexibility index (Phi) is 8.91. The van der Waals surface area contributed by atoms with Crippen molar-refractivity contribution in [2.45, 2.75) is 39.0 Å². The first kappa shape index (κ1) is 20.5. The van der Waals surface area contributed by atoms with Crippen LogP contribution >= 0.6 is 0 Å². The predicted octanol–water partition coefficient (Wildman–Crippen LogP) is 6.05. The van der Waals surface area contributed by atoms with Gasteiger partial charge in [0, 0.05) is 6.08 Å². The minimum atomic E-state index is -0.933. The van der Waals surface area contributed by atoms with Gasteiger partial charge in [-0.25, -0.2) is 4.79 Å². The molecule has 0 aliphatic rings. The van der Waals surface area contributed by atoms with Crippen molar-refractivity contribution < 1.29 is 14.6 Å². The summed E-state index contributed by atoms with van der Waals surface area (Å²) in [4.78, 5) is 10.4. The Morgan fingerprint density at radius 2 is 1.59 bits per heavy atom. The molecule has 0 spiro atoms. The number of unbranched alkanes of at least 4 members (excludes halogenated alkanes) is 3. The van der Waals surface area contributed by atoms with Crippen LogP contribution in [0.2, 0.25) is 0 Å². The van der Waals surface area contributed by atoms with Crippen LogP contribution in [-0.4, -0.2) is 17.7 Å². The van der Waals surface area contributed by atoms with E-state index in [0.717, 1.165) is 31.3 Å². The molecule has 2 rings (SSSR count). The van der Waals surface area contributed by atoms with Gasteiger partial charge in [0.1, 0.15) is 5.75 Å². The topological polar surface area (TPSA) is 46.5 Å². The summed E-state index contributed by atoms with van der Waals surface area (Å²) in [6.45, 7) is 2.99. The van der Waals surface area contributed by atoms with Crippen molar-refractivity contribution >= 4 is 5.97 Å². The van der Waals surface area contributed by atoms with Crippen LogP contribution in [0.15, 0.2) is 72.8 Å². The second kappa shape index (κ2) is 11.7. The summed E-state index contributed by atoms with van der Waals surface area (Å²) in [6, 6.07) is 16.6. The zero-order valence-corrected chi connectivity index (χ0v) is 15.9. The standard InChI is InChI=1S/C24H28O3/c1-2-3-4-8-19-27-23-17-15-22(16-18-23)21-13-11-20(12-14-21)9-6-5-7-10-24(25)26/h5-7,10-18H,2-4,8-9,19H2,1H3,(H,25,26). The smallest absolute Gasteiger partial charge is 0.328 e. The number of carboxylic acid groups (broad SMARTS) is 1. The van der Waals surface area contributed by atoms with E-state index in [-0.39, 0.29) is 0 Å². The average Bonchev–Trinajstić information content (AvgIpc) is 2.68. The first-order chi connectivity index (χ1) is 13.2. The van der Waals surface area contributed by atoms with E-state index in [9.17, 15) is 4.79 Å². The zero-order valence-electron chi connectivity index (χ0n) is 15.9. The van der Waals surface area contributed by atoms with Gasteiger partial charge in [0.15, 0.2) is 0 Å². The molecule has 1 N–H and O–H groups in total. The van der Waals surface area contributed by atoms with Gasteiger partial charge in [-0.15, -0.1) is 0 Å². The van der Waals surface area contributed by atoms with E-state index in [1.54, 1.807) is 6.08 Å². The summed E-state index contributed by atoms with van der Waals surface area (Å²) in [5, 5.41) is 8.53. The maximum absolute atomic E-state index is 10.4. The lowest BCUT2D eigenvalue weighted by Crippen LogP contribution is -1.96. The van der Waals surface area contributed by atoms with Crippen LogP contribution < -0.4 is 4.74 Å². The van der Waals surface area contributed by atoms with Crippen LogP contribution in [0.3, 0.4) is 0 Å². The van der Waals surface area contributed by atoms with Gasteiger partial charge in [0.05, 0.1) is 6.61 Å². The molecular weight excluding hydrogens is 336 g/mol. The highest BCUT2D eigenvalue weighted by Gasteiger charge is 2.00. The maximum atomic E-state index is 10.4. The highest BCUT2D eigenvalue weighted by atomic mass is 16.5. The molecule has 142 valence electrons. The van der Waals surface area contributed by atoms with Gasteiger partial charge in [-0.1, -0.05) is 80.8 Å². The number of aliphatic carboxylic acids is 1. The molecule has 0 fully saturated rings. The highest BCUT2D eigenvalue weighted by molar-refractivity contribution is 5.80. The van der Waals surface area contributed by atoms with Gasteiger partial charge < -0.3 is 9.84 Å². The average molecular weight is 364 g/mol. The second-order valence-corrected chi connectivity index (χ2v) is 6.46. The third-order valence-electron chi connectivity index (χ3n) is 4.25. The van der Waals surface area contributed by atoms with Crippen molar-refractivity contribution in [2.75, 3.05) is 6.61 Å². The van der Waals surface area contributed by atoms with Crippen LogP contribution in [0.4, 0.5) is 0 Å². The van der Waals surface area contributed by atoms with E-state index in [1.165, 1.54) is 42.0 Å². The van der Waals surface area contributed by atoms with Crippen molar-refractivity contribution in [3.05, 3.63) is 78.4 Å². The molecule has 0 saturated heterocycles. The van der Waals surface area contributed by atoms with Crippen molar-refractivity contribution in [2.24, 2.45) is 0 Å². The monoisotopic (exact) mass is 364 g/mol. The lowest BCUT2D eigenvalue weighted by Gasteiger charge is -2.08. The van der Waals surface area contributed by atoms with Gasteiger partial charge in [-0.05, 0) is 41.7 Å². The molecule has 2 aromatic rings. The highest BCUT2D eigenvalue weighted by Crippen LogP contribution is 2.23. The number of rotatable bonds is 11. The van der Waals surface area contributed by atoms with E-state index in [2.05, 4.69) is 43.3 Å². The van der Waals surface area contributed by atoms with E-state index >= 15 is 0 Å². The molecule has 3 heteroatoms. The Balaban J connectivity index is 1.84. The molecule has 0 aromatic heterocycles. The molecule has 0 amide bonds. The Labute approximate surface area is 162 Å². The fourth-order valence-corrected chi connectivity index (χ4v) is 2.72. The van der Waals surface area contributed by atoms with Crippen LogP contribution in [0.1, 0.15) is 38.2 Å². The number of carboxylic acids is 1. The Hall–Kier alpha value is -2.81. The van der Waals surface area contributed by atoms with Crippen molar-refractivity contribution in [3.8, 4) is 16.9 Å². The van der Waals surface area contributed by atoms with Gasteiger partial charge in [0.25, 0.3) is 0 Å². The fourth-order valence-electron chi connectivity index (χ4n) is 2.72. The summed E-state index contributed by atoms with van der Waals surface area (Å²) >= 11 is 0. The normalized spacial score (nSPS) is 11.3. The summed E-state index contributed by atoms with van der Waals surface area (Å²) in [5.74, 6) is -0.0108. The molecule has 0 aliphatic heterocycles. The van der Waals surface area contributed by atoms with Crippen molar-refractivity contribution in [3.63, 3.8) is 0 Å². The molecule has 0 bridgehead atoms. The third kappa shape index (κ3) is 7.95. The van der Waals surface area contributed by atoms with Gasteiger partial charge in [-0.3, -0.25) is 0 Å². The summed E-state index contributed by atoms with van der Waals surface area (Å²) in [5.41, 5.74) is 3.52. The Bertz CT molecular complexity index is 740. The number of hydrogen-bond donors (Lipinski definition) is 1. The molecule has 0 radical (unpaired) electrons. The van der Waals surface area contributed by atoms with Crippen LogP contribution in [0.25, 0.3) is 11.1 Å². The number of ether oxygens (including phenoxy) is 1. The quantitative estimate of drug-likeness (QED) is 0.300. The van der Waals surface area contributed by atoms with Crippen LogP contribution in [-0.2, 0) is 11.2 Å². The van der Waals surface area contributed by atoms with E-state index < -0.39 is 5.97 Å². The lowest BCUT2D eigenvalue weighted by atomic mass is 10.0. The van der Waals surface area contributed by atoms with Gasteiger partial charge in [-0.2, -0.15) is 0 Å². The van der Waals surface area contributed by atoms with E-state index in [1.807, 2.05) is 18.2 Å². The number of hydrogen-bond acceptors (Lipinski definition) is 2. The molecular formula is C24H28O3. The first-order valence-electron chi connectivity index (χ1n) is 9.57. The van der Waals surface area contributed by atoms with Crippen molar-refractivity contribution in [1.29, 1.82) is 0 Å². The summed E-state index contributed by atoms with van der Waals surface area (Å²) < 4.78 is 5.79. The van der Waals surface area contributed by atoms with E-state index in [0.29, 0.717) is 0 Å². The molecule has 2 aromatic carbocycles. The SMILES string of the molecule is CCCCCCOc1ccc(-c2ccc(CC=CC=CC(=O)O)cc2)cc1. The van der Waals surface area contributed by atoms with Crippen LogP contribution in [0, 0.1) is 0 Å². The largest absolute Gasteiger partial charge is 0.494 e. The van der Waals surface area contributed by atoms with E-state index in [4.69, 9.17) is 9.84 Å². The number of allylic oxidation sites excluding steroid dienone is 3. The van der Waals surface area contributed by atoms with Crippen molar-refractivity contribution in [1.82, 2.24) is 0 Å². The molecule has 0 atom stereocenters. The molecule has 0 aliphatic carbocycles. The third-order valence-corrected chi connectivity index (χ3v) is 4.25. The number of carbonyl (C=O) groups is 1. The maximum Gasteiger partial charge on any atom is 0.328 e. The first-order valence-corrected chi connectivity index (χ1v) is 9.57. The number of benzene rings is 2. The predicted molar refractivity (Wildman–Crippen MR) is 111 cm³/mol. The van der Waals surface area contributed by atoms with Crippen LogP contribution in [0.5, 0.6) is 5.75 Å². The molecule has 0 saturated carbocycles. The Morgan fingerprint density at radius 1 is 0.926 bits per heavy atom.